The van der Waals surface area contributed by atoms with Gasteiger partial charge in [-0.3, -0.25) is 9.59 Å². The normalized spacial score (nSPS) is 11.7. The van der Waals surface area contributed by atoms with Gasteiger partial charge in [-0.15, -0.1) is 10.2 Å². The molecule has 0 aliphatic carbocycles. The van der Waals surface area contributed by atoms with Crippen LogP contribution in [0.3, 0.4) is 0 Å². The number of hydrogen-bond donors (Lipinski definition) is 1. The Morgan fingerprint density at radius 3 is 2.70 bits per heavy atom. The Hall–Kier alpha value is -2.84. The number of halogens is 1. The molecule has 0 spiro atoms. The molecule has 0 saturated carbocycles. The molecule has 2 aromatic carbocycles. The van der Waals surface area contributed by atoms with E-state index in [2.05, 4.69) is 15.5 Å². The monoisotopic (exact) mass is 444 g/mol. The van der Waals surface area contributed by atoms with Crippen molar-refractivity contribution in [1.82, 2.24) is 14.8 Å². The van der Waals surface area contributed by atoms with Gasteiger partial charge < -0.3 is 14.6 Å². The van der Waals surface area contributed by atoms with Crippen molar-refractivity contribution in [3.63, 3.8) is 0 Å². The number of Topliss-reactive ketones (excluding diaryl/α,β-unsaturated/α-hetero) is 1. The Kier molecular flexibility index (Phi) is 7.12. The van der Waals surface area contributed by atoms with Crippen LogP contribution in [-0.2, 0) is 11.8 Å². The van der Waals surface area contributed by atoms with Gasteiger partial charge in [0.2, 0.25) is 5.91 Å². The Labute approximate surface area is 183 Å². The second-order valence-corrected chi connectivity index (χ2v) is 7.97. The second-order valence-electron chi connectivity index (χ2n) is 6.59. The van der Waals surface area contributed by atoms with Crippen molar-refractivity contribution in [3.8, 4) is 5.75 Å². The summed E-state index contributed by atoms with van der Waals surface area (Å²) in [5, 5.41) is 12.3. The highest BCUT2D eigenvalue weighted by molar-refractivity contribution is 7.99. The second kappa shape index (κ2) is 9.77. The standard InChI is InChI=1S/C21H21ClN4O3S/c1-13(27)15-6-4-8-17(10-15)23-19(28)12-30-21-25-24-20(26(21)3)14(2)29-18-9-5-7-16(22)11-18/h4-11,14H,12H2,1-3H3,(H,23,28). The van der Waals surface area contributed by atoms with Gasteiger partial charge in [-0.05, 0) is 44.2 Å². The van der Waals surface area contributed by atoms with E-state index in [0.717, 1.165) is 0 Å². The quantitative estimate of drug-likeness (QED) is 0.405. The van der Waals surface area contributed by atoms with Crippen molar-refractivity contribution in [3.05, 3.63) is 64.9 Å². The molecule has 3 rings (SSSR count). The lowest BCUT2D eigenvalue weighted by Gasteiger charge is -2.14. The van der Waals surface area contributed by atoms with Crippen LogP contribution in [0.15, 0.2) is 53.7 Å². The minimum atomic E-state index is -0.349. The largest absolute Gasteiger partial charge is 0.483 e. The van der Waals surface area contributed by atoms with Crippen LogP contribution in [0.1, 0.15) is 36.1 Å². The van der Waals surface area contributed by atoms with E-state index < -0.39 is 0 Å². The van der Waals surface area contributed by atoms with Crippen molar-refractivity contribution in [2.75, 3.05) is 11.1 Å². The lowest BCUT2D eigenvalue weighted by Crippen LogP contribution is -2.15. The topological polar surface area (TPSA) is 86.1 Å². The van der Waals surface area contributed by atoms with Gasteiger partial charge >= 0.3 is 0 Å². The summed E-state index contributed by atoms with van der Waals surface area (Å²) in [6.45, 7) is 3.35. The van der Waals surface area contributed by atoms with Crippen molar-refractivity contribution in [1.29, 1.82) is 0 Å². The van der Waals surface area contributed by atoms with Crippen LogP contribution in [0.5, 0.6) is 5.75 Å². The van der Waals surface area contributed by atoms with Gasteiger partial charge in [-0.2, -0.15) is 0 Å². The van der Waals surface area contributed by atoms with Gasteiger partial charge in [0.05, 0.1) is 5.75 Å². The minimum absolute atomic E-state index is 0.0544. The van der Waals surface area contributed by atoms with Crippen LogP contribution < -0.4 is 10.1 Å². The van der Waals surface area contributed by atoms with E-state index in [4.69, 9.17) is 16.3 Å². The third kappa shape index (κ3) is 5.61. The van der Waals surface area contributed by atoms with E-state index in [1.807, 2.05) is 26.1 Å². The first kappa shape index (κ1) is 21.9. The number of amides is 1. The summed E-state index contributed by atoms with van der Waals surface area (Å²) in [7, 11) is 1.82. The number of hydrogen-bond acceptors (Lipinski definition) is 6. The summed E-state index contributed by atoms with van der Waals surface area (Å²) in [6, 6.07) is 14.0. The summed E-state index contributed by atoms with van der Waals surface area (Å²) in [4.78, 5) is 23.7. The minimum Gasteiger partial charge on any atom is -0.483 e. The molecular formula is C21H21ClN4O3S. The molecule has 0 aliphatic rings. The number of nitrogens with zero attached hydrogens (tertiary/aromatic N) is 3. The molecule has 1 N–H and O–H groups in total. The summed E-state index contributed by atoms with van der Waals surface area (Å²) in [6.07, 6.45) is -0.349. The Morgan fingerprint density at radius 1 is 1.20 bits per heavy atom. The number of carbonyl (C=O) groups excluding carboxylic acids is 2. The molecule has 1 unspecified atom stereocenters. The molecule has 0 aliphatic heterocycles. The molecule has 7 nitrogen and oxygen atoms in total. The molecule has 1 atom stereocenters. The first-order valence-corrected chi connectivity index (χ1v) is 10.5. The highest BCUT2D eigenvalue weighted by atomic mass is 35.5. The first-order chi connectivity index (χ1) is 14.3. The fraction of sp³-hybridized carbons (Fsp3) is 0.238. The fourth-order valence-electron chi connectivity index (χ4n) is 2.75. The zero-order valence-corrected chi connectivity index (χ0v) is 18.3. The lowest BCUT2D eigenvalue weighted by atomic mass is 10.1. The molecule has 156 valence electrons. The third-order valence-corrected chi connectivity index (χ3v) is 5.48. The number of aromatic nitrogens is 3. The van der Waals surface area contributed by atoms with Crippen LogP contribution in [0, 0.1) is 0 Å². The van der Waals surface area contributed by atoms with E-state index in [1.165, 1.54) is 18.7 Å². The maximum Gasteiger partial charge on any atom is 0.234 e. The van der Waals surface area contributed by atoms with E-state index in [9.17, 15) is 9.59 Å². The number of ketones is 1. The lowest BCUT2D eigenvalue weighted by molar-refractivity contribution is -0.113. The van der Waals surface area contributed by atoms with Crippen LogP contribution in [0.2, 0.25) is 5.02 Å². The maximum atomic E-state index is 12.3. The molecule has 9 heteroatoms. The van der Waals surface area contributed by atoms with E-state index in [1.54, 1.807) is 41.0 Å². The van der Waals surface area contributed by atoms with E-state index in [0.29, 0.717) is 33.0 Å². The summed E-state index contributed by atoms with van der Waals surface area (Å²) >= 11 is 7.26. The summed E-state index contributed by atoms with van der Waals surface area (Å²) in [5.41, 5.74) is 1.13. The van der Waals surface area contributed by atoms with Gasteiger partial charge in [-0.1, -0.05) is 41.6 Å². The predicted molar refractivity (Wildman–Crippen MR) is 117 cm³/mol. The molecule has 1 aromatic heterocycles. The Morgan fingerprint density at radius 2 is 1.97 bits per heavy atom. The average Bonchev–Trinajstić information content (AvgIpc) is 3.07. The fourth-order valence-corrected chi connectivity index (χ4v) is 3.64. The predicted octanol–water partition coefficient (Wildman–Crippen LogP) is 4.54. The smallest absolute Gasteiger partial charge is 0.234 e. The summed E-state index contributed by atoms with van der Waals surface area (Å²) in [5.74, 6) is 1.17. The zero-order chi connectivity index (χ0) is 21.7. The highest BCUT2D eigenvalue weighted by Gasteiger charge is 2.18. The van der Waals surface area contributed by atoms with Crippen molar-refractivity contribution < 1.29 is 14.3 Å². The summed E-state index contributed by atoms with van der Waals surface area (Å²) < 4.78 is 7.68. The number of benzene rings is 2. The third-order valence-electron chi connectivity index (χ3n) is 4.23. The number of carbonyl (C=O) groups is 2. The zero-order valence-electron chi connectivity index (χ0n) is 16.8. The molecule has 1 heterocycles. The van der Waals surface area contributed by atoms with Gasteiger partial charge in [0.15, 0.2) is 22.9 Å². The molecule has 0 saturated heterocycles. The van der Waals surface area contributed by atoms with Gasteiger partial charge in [0, 0.05) is 23.3 Å². The highest BCUT2D eigenvalue weighted by Crippen LogP contribution is 2.25. The Bertz CT molecular complexity index is 1070. The molecule has 0 fully saturated rings. The number of thioether (sulfide) groups is 1. The van der Waals surface area contributed by atoms with Gasteiger partial charge in [0.1, 0.15) is 5.75 Å². The Balaban J connectivity index is 1.59. The van der Waals surface area contributed by atoms with Crippen LogP contribution in [0.25, 0.3) is 0 Å². The van der Waals surface area contributed by atoms with Crippen LogP contribution in [-0.4, -0.2) is 32.2 Å². The molecule has 1 amide bonds. The number of nitrogens with one attached hydrogen (secondary N) is 1. The van der Waals surface area contributed by atoms with E-state index in [-0.39, 0.29) is 23.5 Å². The SMILES string of the molecule is CC(=O)c1cccc(NC(=O)CSc2nnc(C(C)Oc3cccc(Cl)c3)n2C)c1. The first-order valence-electron chi connectivity index (χ1n) is 9.18. The van der Waals surface area contributed by atoms with Crippen molar-refractivity contribution in [2.24, 2.45) is 7.05 Å². The number of rotatable bonds is 8. The van der Waals surface area contributed by atoms with Crippen LogP contribution >= 0.6 is 23.4 Å². The molecule has 0 bridgehead atoms. The molecule has 3 aromatic rings. The average molecular weight is 445 g/mol. The maximum absolute atomic E-state index is 12.3. The molecular weight excluding hydrogens is 424 g/mol. The van der Waals surface area contributed by atoms with E-state index >= 15 is 0 Å². The van der Waals surface area contributed by atoms with Crippen molar-refractivity contribution >= 4 is 40.7 Å². The molecule has 30 heavy (non-hydrogen) atoms. The molecule has 0 radical (unpaired) electrons. The van der Waals surface area contributed by atoms with Crippen molar-refractivity contribution in [2.45, 2.75) is 25.1 Å². The van der Waals surface area contributed by atoms with Gasteiger partial charge in [0.25, 0.3) is 0 Å². The van der Waals surface area contributed by atoms with Gasteiger partial charge in [-0.25, -0.2) is 0 Å². The van der Waals surface area contributed by atoms with Crippen LogP contribution in [0.4, 0.5) is 5.69 Å². The number of ether oxygens (including phenoxy) is 1. The number of anilines is 1.